The summed E-state index contributed by atoms with van der Waals surface area (Å²) in [5.41, 5.74) is 0. The molecule has 0 spiro atoms. The topological polar surface area (TPSA) is 102 Å². The van der Waals surface area contributed by atoms with Crippen molar-refractivity contribution in [3.8, 4) is 6.07 Å². The van der Waals surface area contributed by atoms with Crippen LogP contribution in [0, 0.1) is 11.3 Å². The van der Waals surface area contributed by atoms with Gasteiger partial charge in [-0.15, -0.1) is 0 Å². The number of anilines is 1. The summed E-state index contributed by atoms with van der Waals surface area (Å²) >= 11 is 0. The second-order valence-corrected chi connectivity index (χ2v) is 3.83. The van der Waals surface area contributed by atoms with Crippen molar-refractivity contribution in [2.45, 2.75) is 18.9 Å². The average Bonchev–Trinajstić information content (AvgIpc) is 2.78. The van der Waals surface area contributed by atoms with Crippen molar-refractivity contribution < 1.29 is 14.3 Å². The van der Waals surface area contributed by atoms with Gasteiger partial charge >= 0.3 is 6.09 Å². The molecule has 17 heavy (non-hydrogen) atoms. The second kappa shape index (κ2) is 4.74. The standard InChI is InChI=1S/C10H12N4O3/c11-5-8-6-12-9(17-8)14-3-1-7(2-4-14)13-10(15)16/h6-7,13H,1-4H2,(H,15,16). The molecular formula is C10H12N4O3. The molecule has 0 unspecified atom stereocenters. The molecule has 2 N–H and O–H groups in total. The van der Waals surface area contributed by atoms with Crippen LogP contribution in [0.3, 0.4) is 0 Å². The summed E-state index contributed by atoms with van der Waals surface area (Å²) in [6.07, 6.45) is 1.80. The highest BCUT2D eigenvalue weighted by atomic mass is 16.4. The highest BCUT2D eigenvalue weighted by Gasteiger charge is 2.23. The number of carboxylic acid groups (broad SMARTS) is 1. The third-order valence-electron chi connectivity index (χ3n) is 2.70. The third kappa shape index (κ3) is 2.66. The van der Waals surface area contributed by atoms with Gasteiger partial charge in [-0.3, -0.25) is 0 Å². The molecule has 0 aromatic carbocycles. The van der Waals surface area contributed by atoms with Crippen LogP contribution in [0.15, 0.2) is 10.6 Å². The molecule has 1 fully saturated rings. The number of carbonyl (C=O) groups is 1. The number of hydrogen-bond donors (Lipinski definition) is 2. The van der Waals surface area contributed by atoms with Gasteiger partial charge in [0.1, 0.15) is 6.07 Å². The number of oxazole rings is 1. The maximum absolute atomic E-state index is 10.5. The fourth-order valence-corrected chi connectivity index (χ4v) is 1.85. The van der Waals surface area contributed by atoms with E-state index in [0.29, 0.717) is 31.9 Å². The molecule has 1 amide bonds. The van der Waals surface area contributed by atoms with Crippen LogP contribution in [-0.4, -0.2) is 35.3 Å². The van der Waals surface area contributed by atoms with Gasteiger partial charge in [-0.1, -0.05) is 0 Å². The van der Waals surface area contributed by atoms with Gasteiger partial charge < -0.3 is 19.7 Å². The molecule has 1 aromatic heterocycles. The Labute approximate surface area is 97.7 Å². The summed E-state index contributed by atoms with van der Waals surface area (Å²) in [6, 6.07) is 2.28. The molecule has 0 aliphatic carbocycles. The number of piperidine rings is 1. The summed E-state index contributed by atoms with van der Waals surface area (Å²) in [5.74, 6) is 0.186. The number of hydrogen-bond acceptors (Lipinski definition) is 5. The van der Waals surface area contributed by atoms with Crippen LogP contribution < -0.4 is 10.2 Å². The van der Waals surface area contributed by atoms with E-state index in [2.05, 4.69) is 10.3 Å². The van der Waals surface area contributed by atoms with Gasteiger partial charge in [0.25, 0.3) is 6.01 Å². The van der Waals surface area contributed by atoms with Crippen LogP contribution in [0.1, 0.15) is 18.6 Å². The van der Waals surface area contributed by atoms with E-state index in [1.807, 2.05) is 11.0 Å². The lowest BCUT2D eigenvalue weighted by Crippen LogP contribution is -2.44. The number of amides is 1. The van der Waals surface area contributed by atoms with E-state index >= 15 is 0 Å². The van der Waals surface area contributed by atoms with E-state index in [-0.39, 0.29) is 11.8 Å². The predicted octanol–water partition coefficient (Wildman–Crippen LogP) is 0.783. The molecule has 0 radical (unpaired) electrons. The first-order valence-corrected chi connectivity index (χ1v) is 5.29. The van der Waals surface area contributed by atoms with Crippen LogP contribution in [-0.2, 0) is 0 Å². The zero-order valence-corrected chi connectivity index (χ0v) is 9.09. The van der Waals surface area contributed by atoms with Crippen LogP contribution in [0.5, 0.6) is 0 Å². The quantitative estimate of drug-likeness (QED) is 0.786. The van der Waals surface area contributed by atoms with Crippen molar-refractivity contribution >= 4 is 12.1 Å². The Kier molecular flexibility index (Phi) is 3.14. The van der Waals surface area contributed by atoms with Crippen molar-refractivity contribution in [1.82, 2.24) is 10.3 Å². The zero-order chi connectivity index (χ0) is 12.3. The fourth-order valence-electron chi connectivity index (χ4n) is 1.85. The van der Waals surface area contributed by atoms with Crippen molar-refractivity contribution in [1.29, 1.82) is 5.26 Å². The second-order valence-electron chi connectivity index (χ2n) is 3.83. The van der Waals surface area contributed by atoms with E-state index in [1.165, 1.54) is 6.20 Å². The minimum absolute atomic E-state index is 0.0193. The molecule has 7 nitrogen and oxygen atoms in total. The SMILES string of the molecule is N#Cc1cnc(N2CCC(NC(=O)O)CC2)o1. The molecule has 2 heterocycles. The van der Waals surface area contributed by atoms with Crippen LogP contribution >= 0.6 is 0 Å². The largest absolute Gasteiger partial charge is 0.465 e. The van der Waals surface area contributed by atoms with E-state index in [9.17, 15) is 4.79 Å². The fraction of sp³-hybridized carbons (Fsp3) is 0.500. The first kappa shape index (κ1) is 11.3. The maximum atomic E-state index is 10.5. The van der Waals surface area contributed by atoms with Crippen LogP contribution in [0.2, 0.25) is 0 Å². The molecule has 0 atom stereocenters. The summed E-state index contributed by atoms with van der Waals surface area (Å²) in [4.78, 5) is 16.4. The number of rotatable bonds is 2. The summed E-state index contributed by atoms with van der Waals surface area (Å²) in [6.45, 7) is 1.33. The normalized spacial score (nSPS) is 16.5. The van der Waals surface area contributed by atoms with Crippen molar-refractivity contribution in [3.05, 3.63) is 12.0 Å². The highest BCUT2D eigenvalue weighted by molar-refractivity contribution is 5.64. The number of nitriles is 1. The Morgan fingerprint density at radius 1 is 1.65 bits per heavy atom. The molecule has 0 bridgehead atoms. The first-order valence-electron chi connectivity index (χ1n) is 5.29. The van der Waals surface area contributed by atoms with Crippen molar-refractivity contribution in [2.24, 2.45) is 0 Å². The summed E-state index contributed by atoms with van der Waals surface area (Å²) in [7, 11) is 0. The summed E-state index contributed by atoms with van der Waals surface area (Å²) in [5, 5.41) is 19.7. The Morgan fingerprint density at radius 2 is 2.35 bits per heavy atom. The lowest BCUT2D eigenvalue weighted by atomic mass is 10.1. The number of nitrogens with one attached hydrogen (secondary N) is 1. The smallest absolute Gasteiger partial charge is 0.404 e. The molecule has 7 heteroatoms. The van der Waals surface area contributed by atoms with E-state index in [1.54, 1.807) is 0 Å². The maximum Gasteiger partial charge on any atom is 0.404 e. The van der Waals surface area contributed by atoms with E-state index < -0.39 is 6.09 Å². The first-order chi connectivity index (χ1) is 8.19. The molecule has 2 rings (SSSR count). The zero-order valence-electron chi connectivity index (χ0n) is 9.09. The minimum atomic E-state index is -0.994. The van der Waals surface area contributed by atoms with Gasteiger partial charge in [-0.05, 0) is 12.8 Å². The van der Waals surface area contributed by atoms with Gasteiger partial charge in [-0.2, -0.15) is 5.26 Å². The van der Waals surface area contributed by atoms with E-state index in [0.717, 1.165) is 0 Å². The third-order valence-corrected chi connectivity index (χ3v) is 2.70. The van der Waals surface area contributed by atoms with E-state index in [4.69, 9.17) is 14.8 Å². The molecule has 1 aliphatic rings. The van der Waals surface area contributed by atoms with Gasteiger partial charge in [0.15, 0.2) is 0 Å². The Bertz CT molecular complexity index is 443. The number of nitrogens with zero attached hydrogens (tertiary/aromatic N) is 3. The van der Waals surface area contributed by atoms with Gasteiger partial charge in [-0.25, -0.2) is 9.78 Å². The number of aromatic nitrogens is 1. The average molecular weight is 236 g/mol. The van der Waals surface area contributed by atoms with Gasteiger partial charge in [0.05, 0.1) is 6.20 Å². The van der Waals surface area contributed by atoms with Crippen molar-refractivity contribution in [3.63, 3.8) is 0 Å². The molecule has 1 aromatic rings. The minimum Gasteiger partial charge on any atom is -0.465 e. The lowest BCUT2D eigenvalue weighted by molar-refractivity contribution is 0.187. The van der Waals surface area contributed by atoms with Gasteiger partial charge in [0, 0.05) is 19.1 Å². The Balaban J connectivity index is 1.91. The molecule has 0 saturated carbocycles. The van der Waals surface area contributed by atoms with Crippen LogP contribution in [0.4, 0.5) is 10.8 Å². The predicted molar refractivity (Wildman–Crippen MR) is 57.6 cm³/mol. The monoisotopic (exact) mass is 236 g/mol. The molecule has 90 valence electrons. The highest BCUT2D eigenvalue weighted by Crippen LogP contribution is 2.19. The van der Waals surface area contributed by atoms with Gasteiger partial charge in [0.2, 0.25) is 5.76 Å². The molecule has 1 saturated heterocycles. The van der Waals surface area contributed by atoms with Crippen LogP contribution in [0.25, 0.3) is 0 Å². The molecule has 1 aliphatic heterocycles. The molecular weight excluding hydrogens is 224 g/mol. The van der Waals surface area contributed by atoms with Crippen molar-refractivity contribution in [2.75, 3.05) is 18.0 Å². The Morgan fingerprint density at radius 3 is 2.88 bits per heavy atom. The summed E-state index contributed by atoms with van der Waals surface area (Å²) < 4.78 is 5.21. The lowest BCUT2D eigenvalue weighted by Gasteiger charge is -2.30. The Hall–Kier alpha value is -2.23.